The largest absolute Gasteiger partial charge is 0.456 e. The molecule has 0 fully saturated rings. The van der Waals surface area contributed by atoms with E-state index in [0.717, 1.165) is 39.0 Å². The van der Waals surface area contributed by atoms with Gasteiger partial charge in [0, 0.05) is 39.2 Å². The van der Waals surface area contributed by atoms with Gasteiger partial charge in [0.25, 0.3) is 0 Å². The Labute approximate surface area is 365 Å². The summed E-state index contributed by atoms with van der Waals surface area (Å²) in [7, 11) is 0. The van der Waals surface area contributed by atoms with Gasteiger partial charge in [-0.15, -0.1) is 0 Å². The molecule has 0 amide bonds. The molecule has 0 unspecified atom stereocenters. The van der Waals surface area contributed by atoms with Crippen molar-refractivity contribution < 1.29 is 4.42 Å². The van der Waals surface area contributed by atoms with Crippen LogP contribution >= 0.6 is 0 Å². The van der Waals surface area contributed by atoms with Crippen LogP contribution in [-0.4, -0.2) is 0 Å². The molecule has 0 saturated heterocycles. The quantitative estimate of drug-likeness (QED) is 0.177. The Kier molecular flexibility index (Phi) is 7.48. The molecule has 8 aromatic carbocycles. The molecule has 62 heavy (non-hydrogen) atoms. The van der Waals surface area contributed by atoms with Crippen molar-refractivity contribution in [2.24, 2.45) is 0 Å². The van der Waals surface area contributed by atoms with Crippen LogP contribution in [0.4, 0.5) is 17.1 Å². The van der Waals surface area contributed by atoms with Gasteiger partial charge in [-0.1, -0.05) is 177 Å². The predicted molar refractivity (Wildman–Crippen MR) is 260 cm³/mol. The topological polar surface area (TPSA) is 16.4 Å². The molecule has 3 aliphatic rings. The Morgan fingerprint density at radius 2 is 0.935 bits per heavy atom. The highest BCUT2D eigenvalue weighted by molar-refractivity contribution is 6.07. The van der Waals surface area contributed by atoms with Gasteiger partial charge < -0.3 is 9.32 Å². The monoisotopic (exact) mass is 801 g/mol. The van der Waals surface area contributed by atoms with E-state index in [9.17, 15) is 0 Å². The Morgan fingerprint density at radius 1 is 0.403 bits per heavy atom. The highest BCUT2D eigenvalue weighted by Crippen LogP contribution is 2.65. The molecule has 2 heteroatoms. The molecular formula is C60H51NO. The molecule has 12 rings (SSSR count). The predicted octanol–water partition coefficient (Wildman–Crippen LogP) is 16.3. The normalized spacial score (nSPS) is 15.0. The second-order valence-electron chi connectivity index (χ2n) is 20.5. The number of hydrogen-bond donors (Lipinski definition) is 0. The molecule has 1 spiro atoms. The Balaban J connectivity index is 1.17. The Bertz CT molecular complexity index is 3300. The number of anilines is 3. The lowest BCUT2D eigenvalue weighted by atomic mass is 9.69. The first kappa shape index (κ1) is 37.1. The highest BCUT2D eigenvalue weighted by Gasteiger charge is 2.53. The van der Waals surface area contributed by atoms with E-state index >= 15 is 0 Å². The van der Waals surface area contributed by atoms with E-state index < -0.39 is 5.41 Å². The van der Waals surface area contributed by atoms with E-state index in [1.807, 2.05) is 0 Å². The molecular weight excluding hydrogens is 751 g/mol. The lowest BCUT2D eigenvalue weighted by Gasteiger charge is -2.33. The summed E-state index contributed by atoms with van der Waals surface area (Å²) in [5, 5.41) is 2.26. The highest BCUT2D eigenvalue weighted by atomic mass is 16.3. The maximum atomic E-state index is 6.62. The lowest BCUT2D eigenvalue weighted by molar-refractivity contribution is 0.586. The number of fused-ring (bicyclic) bond motifs is 16. The van der Waals surface area contributed by atoms with E-state index in [1.54, 1.807) is 0 Å². The number of nitrogens with zero attached hydrogens (tertiary/aromatic N) is 1. The molecule has 9 aromatic rings. The van der Waals surface area contributed by atoms with E-state index in [0.29, 0.717) is 0 Å². The van der Waals surface area contributed by atoms with Gasteiger partial charge in [-0.25, -0.2) is 0 Å². The summed E-state index contributed by atoms with van der Waals surface area (Å²) in [6, 6.07) is 62.2. The molecule has 0 saturated carbocycles. The van der Waals surface area contributed by atoms with Crippen LogP contribution in [0.5, 0.6) is 0 Å². The van der Waals surface area contributed by atoms with E-state index in [-0.39, 0.29) is 16.2 Å². The summed E-state index contributed by atoms with van der Waals surface area (Å²) in [6.45, 7) is 18.8. The van der Waals surface area contributed by atoms with Gasteiger partial charge in [0.2, 0.25) is 0 Å². The van der Waals surface area contributed by atoms with Crippen LogP contribution in [0.2, 0.25) is 0 Å². The van der Waals surface area contributed by atoms with Crippen LogP contribution < -0.4 is 4.90 Å². The van der Waals surface area contributed by atoms with E-state index in [4.69, 9.17) is 4.42 Å². The zero-order valence-corrected chi connectivity index (χ0v) is 36.9. The van der Waals surface area contributed by atoms with Crippen molar-refractivity contribution in [3.63, 3.8) is 0 Å². The van der Waals surface area contributed by atoms with Crippen molar-refractivity contribution in [3.8, 4) is 33.4 Å². The van der Waals surface area contributed by atoms with Crippen molar-refractivity contribution in [3.05, 3.63) is 208 Å². The minimum absolute atomic E-state index is 0.0164. The van der Waals surface area contributed by atoms with Crippen molar-refractivity contribution in [1.82, 2.24) is 0 Å². The fourth-order valence-corrected chi connectivity index (χ4v) is 11.4. The molecule has 3 aliphatic carbocycles. The molecule has 0 aliphatic heterocycles. The van der Waals surface area contributed by atoms with Gasteiger partial charge in [0.15, 0.2) is 0 Å². The summed E-state index contributed by atoms with van der Waals surface area (Å²) in [5.74, 6) is 0. The van der Waals surface area contributed by atoms with Crippen LogP contribution in [0, 0.1) is 0 Å². The number of hydrogen-bond acceptors (Lipinski definition) is 2. The smallest absolute Gasteiger partial charge is 0.137 e. The van der Waals surface area contributed by atoms with E-state index in [1.165, 1.54) is 77.9 Å². The van der Waals surface area contributed by atoms with Crippen LogP contribution in [0.3, 0.4) is 0 Å². The molecule has 1 aromatic heterocycles. The number of furan rings is 1. The first-order valence-electron chi connectivity index (χ1n) is 22.3. The summed E-state index contributed by atoms with van der Waals surface area (Å²) >= 11 is 0. The van der Waals surface area contributed by atoms with Crippen molar-refractivity contribution >= 4 is 39.0 Å². The first-order valence-corrected chi connectivity index (χ1v) is 22.3. The van der Waals surface area contributed by atoms with Crippen LogP contribution in [0.25, 0.3) is 55.3 Å². The Hall–Kier alpha value is -6.64. The van der Waals surface area contributed by atoms with Gasteiger partial charge in [-0.3, -0.25) is 0 Å². The van der Waals surface area contributed by atoms with Crippen molar-refractivity contribution in [1.29, 1.82) is 0 Å². The fraction of sp³-hybridized carbons (Fsp3) is 0.200. The van der Waals surface area contributed by atoms with Gasteiger partial charge in [-0.2, -0.15) is 0 Å². The lowest BCUT2D eigenvalue weighted by Crippen LogP contribution is -2.27. The number of benzene rings is 8. The third-order valence-electron chi connectivity index (χ3n) is 14.6. The zero-order chi connectivity index (χ0) is 42.5. The van der Waals surface area contributed by atoms with Gasteiger partial charge >= 0.3 is 0 Å². The molecule has 0 bridgehead atoms. The van der Waals surface area contributed by atoms with E-state index in [2.05, 4.69) is 224 Å². The molecule has 0 radical (unpaired) electrons. The maximum absolute atomic E-state index is 6.62. The van der Waals surface area contributed by atoms with Gasteiger partial charge in [0.05, 0.1) is 11.1 Å². The summed E-state index contributed by atoms with van der Waals surface area (Å²) in [4.78, 5) is 2.51. The SMILES string of the molecule is CC(C)(C)c1ccc2c(c1)C1(c3cc(C(C)(C)C)ccc3-2)c2ccccc2-c2c(N(c3ccc4c(c3)C(C)(C)c3ccccc3-4)c3ccc4c(c3)oc3ccccc34)cccc21. The number of para-hydroxylation sites is 1. The van der Waals surface area contributed by atoms with Gasteiger partial charge in [-0.05, 0) is 120 Å². The third-order valence-corrected chi connectivity index (χ3v) is 14.6. The van der Waals surface area contributed by atoms with Crippen LogP contribution in [-0.2, 0) is 21.7 Å². The van der Waals surface area contributed by atoms with Crippen LogP contribution in [0.1, 0.15) is 99.9 Å². The summed E-state index contributed by atoms with van der Waals surface area (Å²) in [6.07, 6.45) is 0. The molecule has 302 valence electrons. The molecule has 2 nitrogen and oxygen atoms in total. The second-order valence-corrected chi connectivity index (χ2v) is 20.5. The average molecular weight is 802 g/mol. The average Bonchev–Trinajstić information content (AvgIpc) is 3.95. The summed E-state index contributed by atoms with van der Waals surface area (Å²) < 4.78 is 6.62. The summed E-state index contributed by atoms with van der Waals surface area (Å²) in [5.41, 5.74) is 23.1. The third kappa shape index (κ3) is 4.92. The van der Waals surface area contributed by atoms with Crippen molar-refractivity contribution in [2.45, 2.75) is 77.0 Å². The Morgan fingerprint density at radius 3 is 1.65 bits per heavy atom. The minimum Gasteiger partial charge on any atom is -0.456 e. The first-order chi connectivity index (χ1) is 29.8. The molecule has 1 heterocycles. The standard InChI is InChI=1S/C60H51NO/c1-57(2,3)36-24-28-42-43-29-25-37(58(4,5)6)33-52(43)60(51(42)32-36)48-20-13-10-18-46(48)56-49(60)21-15-22-53(56)61(39-27-31-45-44-17-11-14-23-54(44)62-55(45)35-39)38-26-30-41-40-16-9-12-19-47(40)59(7,8)50(41)34-38/h9-35H,1-8H3. The minimum atomic E-state index is -0.509. The van der Waals surface area contributed by atoms with Crippen LogP contribution in [0.15, 0.2) is 168 Å². The zero-order valence-electron chi connectivity index (χ0n) is 36.9. The maximum Gasteiger partial charge on any atom is 0.137 e. The van der Waals surface area contributed by atoms with Crippen molar-refractivity contribution in [2.75, 3.05) is 4.90 Å². The number of rotatable bonds is 3. The van der Waals surface area contributed by atoms with Gasteiger partial charge in [0.1, 0.15) is 11.2 Å². The second kappa shape index (κ2) is 12.5. The molecule has 0 atom stereocenters. The molecule has 0 N–H and O–H groups in total. The fourth-order valence-electron chi connectivity index (χ4n) is 11.4.